The van der Waals surface area contributed by atoms with Gasteiger partial charge in [0.15, 0.2) is 0 Å². The van der Waals surface area contributed by atoms with Crippen molar-refractivity contribution in [3.63, 3.8) is 0 Å². The van der Waals surface area contributed by atoms with Gasteiger partial charge >= 0.3 is 0 Å². The van der Waals surface area contributed by atoms with E-state index in [1.54, 1.807) is 78.9 Å². The molecule has 0 bridgehead atoms. The number of aliphatic hydroxyl groups excluding tert-OH is 1. The Morgan fingerprint density at radius 3 is 2.37 bits per heavy atom. The number of methoxy groups -OCH3 is 1. The minimum Gasteiger partial charge on any atom is -0.507 e. The first-order valence-electron chi connectivity index (χ1n) is 9.28. The number of ketones is 1. The summed E-state index contributed by atoms with van der Waals surface area (Å²) in [6.45, 7) is 0. The van der Waals surface area contributed by atoms with Gasteiger partial charge < -0.3 is 9.84 Å². The standard InChI is InChI=1S/C24H18ClNO4/c1-30-17-11-7-10-16(14-17)26-21(18-12-5-6-13-19(18)25)20(23(28)24(26)29)22(27)15-8-3-2-4-9-15/h2-14,21,27H,1H3. The molecule has 1 fully saturated rings. The predicted octanol–water partition coefficient (Wildman–Crippen LogP) is 4.97. The fraction of sp³-hybridized carbons (Fsp3) is 0.0833. The van der Waals surface area contributed by atoms with Gasteiger partial charge in [0.25, 0.3) is 11.7 Å². The summed E-state index contributed by atoms with van der Waals surface area (Å²) >= 11 is 6.45. The Bertz CT molecular complexity index is 1160. The summed E-state index contributed by atoms with van der Waals surface area (Å²) in [6.07, 6.45) is 0. The van der Waals surface area contributed by atoms with Gasteiger partial charge in [-0.2, -0.15) is 0 Å². The third-order valence-electron chi connectivity index (χ3n) is 5.02. The Hall–Kier alpha value is -3.57. The van der Waals surface area contributed by atoms with Crippen LogP contribution in [0.25, 0.3) is 5.76 Å². The number of carbonyl (C=O) groups is 2. The van der Waals surface area contributed by atoms with Gasteiger partial charge in [-0.05, 0) is 23.8 Å². The Labute approximate surface area is 178 Å². The minimum atomic E-state index is -0.883. The van der Waals surface area contributed by atoms with Gasteiger partial charge in [-0.3, -0.25) is 14.5 Å². The third-order valence-corrected chi connectivity index (χ3v) is 5.37. The first-order valence-corrected chi connectivity index (χ1v) is 9.65. The molecule has 30 heavy (non-hydrogen) atoms. The SMILES string of the molecule is COc1cccc(N2C(=O)C(=O)C(=C(O)c3ccccc3)C2c2ccccc2Cl)c1. The molecule has 3 aromatic carbocycles. The van der Waals surface area contributed by atoms with E-state index in [4.69, 9.17) is 16.3 Å². The van der Waals surface area contributed by atoms with Crippen LogP contribution in [0.15, 0.2) is 84.4 Å². The zero-order valence-electron chi connectivity index (χ0n) is 16.1. The summed E-state index contributed by atoms with van der Waals surface area (Å²) in [5.41, 5.74) is 1.44. The lowest BCUT2D eigenvalue weighted by Crippen LogP contribution is -2.29. The zero-order chi connectivity index (χ0) is 21.3. The molecular weight excluding hydrogens is 402 g/mol. The molecule has 0 radical (unpaired) electrons. The first-order chi connectivity index (χ1) is 14.5. The van der Waals surface area contributed by atoms with E-state index < -0.39 is 17.7 Å². The largest absolute Gasteiger partial charge is 0.507 e. The summed E-state index contributed by atoms with van der Waals surface area (Å²) in [6, 6.07) is 21.6. The Kier molecular flexibility index (Phi) is 5.29. The van der Waals surface area contributed by atoms with E-state index in [1.807, 2.05) is 0 Å². The van der Waals surface area contributed by atoms with Gasteiger partial charge in [0.1, 0.15) is 11.5 Å². The summed E-state index contributed by atoms with van der Waals surface area (Å²) in [5.74, 6) is -1.23. The van der Waals surface area contributed by atoms with Gasteiger partial charge in [-0.15, -0.1) is 0 Å². The highest BCUT2D eigenvalue weighted by Gasteiger charge is 2.47. The van der Waals surface area contributed by atoms with Crippen molar-refractivity contribution < 1.29 is 19.4 Å². The number of halogens is 1. The molecule has 1 aliphatic heterocycles. The van der Waals surface area contributed by atoms with Crippen LogP contribution in [0, 0.1) is 0 Å². The maximum absolute atomic E-state index is 13.1. The highest BCUT2D eigenvalue weighted by atomic mass is 35.5. The van der Waals surface area contributed by atoms with Crippen molar-refractivity contribution in [1.82, 2.24) is 0 Å². The van der Waals surface area contributed by atoms with E-state index in [1.165, 1.54) is 12.0 Å². The third kappa shape index (κ3) is 3.33. The van der Waals surface area contributed by atoms with Gasteiger partial charge in [0, 0.05) is 22.3 Å². The van der Waals surface area contributed by atoms with Crippen LogP contribution in [0.2, 0.25) is 5.02 Å². The topological polar surface area (TPSA) is 66.8 Å². The number of nitrogens with zero attached hydrogens (tertiary/aromatic N) is 1. The second-order valence-electron chi connectivity index (χ2n) is 6.76. The number of hydrogen-bond donors (Lipinski definition) is 1. The lowest BCUT2D eigenvalue weighted by molar-refractivity contribution is -0.132. The normalized spacial score (nSPS) is 17.9. The van der Waals surface area contributed by atoms with E-state index >= 15 is 0 Å². The Balaban J connectivity index is 1.98. The lowest BCUT2D eigenvalue weighted by Gasteiger charge is -2.26. The molecule has 1 heterocycles. The molecule has 1 aliphatic rings. The monoisotopic (exact) mass is 419 g/mol. The van der Waals surface area contributed by atoms with Crippen LogP contribution >= 0.6 is 11.6 Å². The molecule has 6 heteroatoms. The number of anilines is 1. The van der Waals surface area contributed by atoms with Crippen LogP contribution in [0.1, 0.15) is 17.2 Å². The molecule has 1 saturated heterocycles. The second-order valence-corrected chi connectivity index (χ2v) is 7.17. The number of aliphatic hydroxyl groups is 1. The number of carbonyl (C=O) groups excluding carboxylic acids is 2. The van der Waals surface area contributed by atoms with Crippen LogP contribution in [0.5, 0.6) is 5.75 Å². The molecule has 1 unspecified atom stereocenters. The van der Waals surface area contributed by atoms with E-state index in [0.717, 1.165) is 0 Å². The van der Waals surface area contributed by atoms with Crippen LogP contribution in [0.3, 0.4) is 0 Å². The summed E-state index contributed by atoms with van der Waals surface area (Å²) in [5, 5.41) is 11.4. The molecule has 1 atom stereocenters. The Morgan fingerprint density at radius 1 is 0.967 bits per heavy atom. The molecule has 0 aromatic heterocycles. The highest BCUT2D eigenvalue weighted by molar-refractivity contribution is 6.52. The highest BCUT2D eigenvalue weighted by Crippen LogP contribution is 2.44. The summed E-state index contributed by atoms with van der Waals surface area (Å²) in [7, 11) is 1.52. The molecule has 5 nitrogen and oxygen atoms in total. The number of benzene rings is 3. The van der Waals surface area contributed by atoms with Crippen molar-refractivity contribution in [2.24, 2.45) is 0 Å². The number of Topliss-reactive ketones (excluding diaryl/α,β-unsaturated/α-hetero) is 1. The van der Waals surface area contributed by atoms with Gasteiger partial charge in [0.05, 0.1) is 18.7 Å². The van der Waals surface area contributed by atoms with Crippen molar-refractivity contribution in [3.8, 4) is 5.75 Å². The van der Waals surface area contributed by atoms with Crippen molar-refractivity contribution in [2.45, 2.75) is 6.04 Å². The zero-order valence-corrected chi connectivity index (χ0v) is 16.8. The van der Waals surface area contributed by atoms with Gasteiger partial charge in [-0.25, -0.2) is 0 Å². The van der Waals surface area contributed by atoms with Crippen LogP contribution < -0.4 is 9.64 Å². The average molecular weight is 420 g/mol. The van der Waals surface area contributed by atoms with Crippen molar-refractivity contribution >= 4 is 34.7 Å². The number of amides is 1. The van der Waals surface area contributed by atoms with Gasteiger partial charge in [-0.1, -0.05) is 66.2 Å². The van der Waals surface area contributed by atoms with Crippen molar-refractivity contribution in [2.75, 3.05) is 12.0 Å². The summed E-state index contributed by atoms with van der Waals surface area (Å²) < 4.78 is 5.27. The molecule has 0 spiro atoms. The van der Waals surface area contributed by atoms with Crippen LogP contribution in [0.4, 0.5) is 5.69 Å². The molecule has 3 aromatic rings. The van der Waals surface area contributed by atoms with E-state index in [2.05, 4.69) is 0 Å². The predicted molar refractivity (Wildman–Crippen MR) is 116 cm³/mol. The molecule has 1 amide bonds. The molecule has 0 saturated carbocycles. The maximum atomic E-state index is 13.1. The maximum Gasteiger partial charge on any atom is 0.300 e. The van der Waals surface area contributed by atoms with Crippen LogP contribution in [-0.4, -0.2) is 23.9 Å². The van der Waals surface area contributed by atoms with E-state index in [0.29, 0.717) is 27.6 Å². The molecule has 150 valence electrons. The minimum absolute atomic E-state index is 0.0119. The molecule has 0 aliphatic carbocycles. The van der Waals surface area contributed by atoms with Gasteiger partial charge in [0.2, 0.25) is 0 Å². The lowest BCUT2D eigenvalue weighted by atomic mass is 9.95. The quantitative estimate of drug-likeness (QED) is 0.368. The van der Waals surface area contributed by atoms with Crippen molar-refractivity contribution in [3.05, 3.63) is 101 Å². The Morgan fingerprint density at radius 2 is 1.67 bits per heavy atom. The van der Waals surface area contributed by atoms with Crippen molar-refractivity contribution in [1.29, 1.82) is 0 Å². The fourth-order valence-electron chi connectivity index (χ4n) is 3.60. The van der Waals surface area contributed by atoms with E-state index in [-0.39, 0.29) is 11.3 Å². The molecular formula is C24H18ClNO4. The average Bonchev–Trinajstić information content (AvgIpc) is 3.04. The number of hydrogen-bond acceptors (Lipinski definition) is 4. The summed E-state index contributed by atoms with van der Waals surface area (Å²) in [4.78, 5) is 27.5. The fourth-order valence-corrected chi connectivity index (χ4v) is 3.84. The van der Waals surface area contributed by atoms with E-state index in [9.17, 15) is 14.7 Å². The first kappa shape index (κ1) is 19.7. The number of rotatable bonds is 4. The molecule has 4 rings (SSSR count). The second kappa shape index (κ2) is 8.05. The van der Waals surface area contributed by atoms with Crippen LogP contribution in [-0.2, 0) is 9.59 Å². The number of ether oxygens (including phenoxy) is 1. The smallest absolute Gasteiger partial charge is 0.300 e. The molecule has 1 N–H and O–H groups in total.